The summed E-state index contributed by atoms with van der Waals surface area (Å²) in [5.74, 6) is 0.312. The zero-order chi connectivity index (χ0) is 20.4. The number of unbranched alkanes of at least 4 members (excludes halogenated alkanes) is 1. The van der Waals surface area contributed by atoms with Gasteiger partial charge in [0.2, 0.25) is 11.8 Å². The first kappa shape index (κ1) is 20.3. The second kappa shape index (κ2) is 8.40. The maximum Gasteiger partial charge on any atom is 0.228 e. The highest BCUT2D eigenvalue weighted by molar-refractivity contribution is 7.18. The van der Waals surface area contributed by atoms with Gasteiger partial charge in [0.15, 0.2) is 0 Å². The Labute approximate surface area is 175 Å². The number of fused-ring (bicyclic) bond motifs is 1. The van der Waals surface area contributed by atoms with E-state index in [0.717, 1.165) is 29.8 Å². The van der Waals surface area contributed by atoms with Crippen molar-refractivity contribution in [1.29, 1.82) is 0 Å². The van der Waals surface area contributed by atoms with E-state index in [-0.39, 0.29) is 11.8 Å². The van der Waals surface area contributed by atoms with E-state index in [1.807, 2.05) is 23.1 Å². The second-order valence-electron chi connectivity index (χ2n) is 8.49. The van der Waals surface area contributed by atoms with Gasteiger partial charge in [-0.1, -0.05) is 12.1 Å². The van der Waals surface area contributed by atoms with Crippen molar-refractivity contribution < 1.29 is 14.7 Å². The van der Waals surface area contributed by atoms with Crippen LogP contribution in [0.4, 0.5) is 0 Å². The number of aryl methyl sites for hydroxylation is 1. The highest BCUT2D eigenvalue weighted by Gasteiger charge is 2.47. The molecule has 29 heavy (non-hydrogen) atoms. The van der Waals surface area contributed by atoms with Gasteiger partial charge in [0.25, 0.3) is 0 Å². The Kier molecular flexibility index (Phi) is 5.88. The normalized spacial score (nSPS) is 21.9. The van der Waals surface area contributed by atoms with Crippen LogP contribution >= 0.6 is 11.3 Å². The molecule has 2 amide bonds. The van der Waals surface area contributed by atoms with Crippen LogP contribution in [0.2, 0.25) is 0 Å². The Hall–Kier alpha value is -1.99. The summed E-state index contributed by atoms with van der Waals surface area (Å²) in [5, 5.41) is 11.2. The number of carbonyl (C=O) groups excluding carboxylic acids is 2. The summed E-state index contributed by atoms with van der Waals surface area (Å²) >= 11 is 1.73. The van der Waals surface area contributed by atoms with E-state index in [4.69, 9.17) is 0 Å². The molecule has 2 saturated heterocycles. The number of hydrogen-bond acceptors (Lipinski definition) is 5. The number of nitrogens with zero attached hydrogens (tertiary/aromatic N) is 3. The van der Waals surface area contributed by atoms with E-state index in [1.165, 1.54) is 4.70 Å². The van der Waals surface area contributed by atoms with Crippen molar-refractivity contribution >= 4 is 33.4 Å². The van der Waals surface area contributed by atoms with Gasteiger partial charge in [-0.2, -0.15) is 0 Å². The van der Waals surface area contributed by atoms with Gasteiger partial charge in [0.05, 0.1) is 26.7 Å². The molecular formula is C22H29N3O3S. The van der Waals surface area contributed by atoms with Crippen molar-refractivity contribution in [3.05, 3.63) is 29.3 Å². The average Bonchev–Trinajstić information content (AvgIpc) is 3.12. The first-order valence-corrected chi connectivity index (χ1v) is 11.3. The van der Waals surface area contributed by atoms with Gasteiger partial charge in [-0.05, 0) is 50.7 Å². The third-order valence-corrected chi connectivity index (χ3v) is 7.45. The molecule has 0 saturated carbocycles. The maximum atomic E-state index is 12.6. The fourth-order valence-electron chi connectivity index (χ4n) is 4.75. The molecule has 4 rings (SSSR count). The molecule has 0 aliphatic carbocycles. The fraction of sp³-hybridized carbons (Fsp3) is 0.591. The molecule has 2 aromatic rings. The monoisotopic (exact) mass is 415 g/mol. The molecule has 2 aliphatic rings. The van der Waals surface area contributed by atoms with Crippen molar-refractivity contribution in [2.75, 3.05) is 26.7 Å². The van der Waals surface area contributed by atoms with E-state index in [9.17, 15) is 14.7 Å². The predicted molar refractivity (Wildman–Crippen MR) is 114 cm³/mol. The minimum absolute atomic E-state index is 0.130. The van der Waals surface area contributed by atoms with E-state index in [1.54, 1.807) is 23.3 Å². The molecular weight excluding hydrogens is 386 g/mol. The lowest BCUT2D eigenvalue weighted by Gasteiger charge is -2.47. The standard InChI is InChI=1S/C22H29N3O3S/c1-24-15-16(26)14-22(21(24)28)10-12-25(13-11-22)20(27)9-5-4-8-19-23-17-6-2-3-7-18(17)29-19/h2-3,6-7,16,26H,4-5,8-15H2,1H3. The van der Waals surface area contributed by atoms with E-state index < -0.39 is 11.5 Å². The summed E-state index contributed by atoms with van der Waals surface area (Å²) in [6.45, 7) is 1.64. The summed E-state index contributed by atoms with van der Waals surface area (Å²) in [7, 11) is 1.76. The Morgan fingerprint density at radius 3 is 2.79 bits per heavy atom. The molecule has 1 aromatic carbocycles. The number of β-amino-alcohol motifs (C(OH)–C–C–N with tert-alkyl or cyclic N) is 1. The van der Waals surface area contributed by atoms with Crippen molar-refractivity contribution in [2.45, 2.75) is 51.0 Å². The number of aliphatic hydroxyl groups excluding tert-OH is 1. The number of aromatic nitrogens is 1. The zero-order valence-electron chi connectivity index (χ0n) is 17.0. The molecule has 0 bridgehead atoms. The molecule has 6 nitrogen and oxygen atoms in total. The van der Waals surface area contributed by atoms with Crippen LogP contribution in [-0.4, -0.2) is 64.5 Å². The maximum absolute atomic E-state index is 12.6. The molecule has 2 fully saturated rings. The second-order valence-corrected chi connectivity index (χ2v) is 9.60. The number of piperidine rings is 2. The lowest BCUT2D eigenvalue weighted by atomic mass is 9.71. The van der Waals surface area contributed by atoms with E-state index in [2.05, 4.69) is 11.1 Å². The van der Waals surface area contributed by atoms with Crippen LogP contribution in [-0.2, 0) is 16.0 Å². The topological polar surface area (TPSA) is 73.7 Å². The van der Waals surface area contributed by atoms with Crippen LogP contribution in [0.15, 0.2) is 24.3 Å². The zero-order valence-corrected chi connectivity index (χ0v) is 17.8. The van der Waals surface area contributed by atoms with Crippen molar-refractivity contribution in [1.82, 2.24) is 14.8 Å². The summed E-state index contributed by atoms with van der Waals surface area (Å²) in [6.07, 6.45) is 4.66. The Balaban J connectivity index is 1.22. The lowest BCUT2D eigenvalue weighted by Crippen LogP contribution is -2.56. The molecule has 1 unspecified atom stereocenters. The SMILES string of the molecule is CN1CC(O)CC2(CCN(C(=O)CCCCc3nc4ccccc4s3)CC2)C1=O. The number of benzene rings is 1. The van der Waals surface area contributed by atoms with Crippen LogP contribution in [0, 0.1) is 5.41 Å². The Morgan fingerprint density at radius 1 is 1.28 bits per heavy atom. The minimum Gasteiger partial charge on any atom is -0.391 e. The van der Waals surface area contributed by atoms with Crippen LogP contribution in [0.5, 0.6) is 0 Å². The van der Waals surface area contributed by atoms with Crippen molar-refractivity contribution in [3.8, 4) is 0 Å². The first-order valence-electron chi connectivity index (χ1n) is 10.5. The number of para-hydroxylation sites is 1. The van der Waals surface area contributed by atoms with Crippen LogP contribution in [0.1, 0.15) is 43.5 Å². The average molecular weight is 416 g/mol. The molecule has 1 atom stereocenters. The van der Waals surface area contributed by atoms with Gasteiger partial charge >= 0.3 is 0 Å². The van der Waals surface area contributed by atoms with Crippen LogP contribution in [0.3, 0.4) is 0 Å². The van der Waals surface area contributed by atoms with Crippen LogP contribution < -0.4 is 0 Å². The third-order valence-electron chi connectivity index (χ3n) is 6.35. The molecule has 2 aliphatic heterocycles. The Bertz CT molecular complexity index is 855. The highest BCUT2D eigenvalue weighted by Crippen LogP contribution is 2.40. The number of likely N-dealkylation sites (tertiary alicyclic amines) is 2. The highest BCUT2D eigenvalue weighted by atomic mass is 32.1. The van der Waals surface area contributed by atoms with Gasteiger partial charge in [-0.3, -0.25) is 9.59 Å². The van der Waals surface area contributed by atoms with Gasteiger partial charge in [-0.25, -0.2) is 4.98 Å². The third kappa shape index (κ3) is 4.31. The first-order chi connectivity index (χ1) is 14.0. The fourth-order valence-corrected chi connectivity index (χ4v) is 5.76. The molecule has 3 heterocycles. The predicted octanol–water partition coefficient (Wildman–Crippen LogP) is 2.84. The van der Waals surface area contributed by atoms with Crippen molar-refractivity contribution in [2.24, 2.45) is 5.41 Å². The van der Waals surface area contributed by atoms with Gasteiger partial charge in [-0.15, -0.1) is 11.3 Å². The number of amides is 2. The van der Waals surface area contributed by atoms with E-state index >= 15 is 0 Å². The van der Waals surface area contributed by atoms with E-state index in [0.29, 0.717) is 45.3 Å². The number of hydrogen-bond donors (Lipinski definition) is 1. The quantitative estimate of drug-likeness (QED) is 0.762. The summed E-state index contributed by atoms with van der Waals surface area (Å²) in [5.41, 5.74) is 0.578. The number of thiazole rings is 1. The summed E-state index contributed by atoms with van der Waals surface area (Å²) < 4.78 is 1.22. The van der Waals surface area contributed by atoms with Gasteiger partial charge in [0, 0.05) is 33.1 Å². The van der Waals surface area contributed by atoms with Crippen molar-refractivity contribution in [3.63, 3.8) is 0 Å². The smallest absolute Gasteiger partial charge is 0.228 e. The van der Waals surface area contributed by atoms with Gasteiger partial charge < -0.3 is 14.9 Å². The molecule has 156 valence electrons. The van der Waals surface area contributed by atoms with Gasteiger partial charge in [0.1, 0.15) is 0 Å². The summed E-state index contributed by atoms with van der Waals surface area (Å²) in [4.78, 5) is 33.4. The van der Waals surface area contributed by atoms with Crippen LogP contribution in [0.25, 0.3) is 10.2 Å². The number of carbonyl (C=O) groups is 2. The molecule has 1 N–H and O–H groups in total. The molecule has 1 aromatic heterocycles. The number of rotatable bonds is 5. The number of aliphatic hydroxyl groups is 1. The summed E-state index contributed by atoms with van der Waals surface area (Å²) in [6, 6.07) is 8.17. The minimum atomic E-state index is -0.476. The molecule has 7 heteroatoms. The molecule has 0 radical (unpaired) electrons. The molecule has 1 spiro atoms. The largest absolute Gasteiger partial charge is 0.391 e. The lowest BCUT2D eigenvalue weighted by molar-refractivity contribution is -0.156. The Morgan fingerprint density at radius 2 is 2.03 bits per heavy atom. The number of likely N-dealkylation sites (N-methyl/N-ethyl adjacent to an activating group) is 1.